The van der Waals surface area contributed by atoms with Gasteiger partial charge >= 0.3 is 31.1 Å². The molecular formula is C52H56F10N10O8. The number of carbonyl (C=O) groups is 5. The van der Waals surface area contributed by atoms with Gasteiger partial charge in [-0.3, -0.25) is 19.8 Å². The summed E-state index contributed by atoms with van der Waals surface area (Å²) in [7, 11) is 3.26. The van der Waals surface area contributed by atoms with Crippen LogP contribution in [0.25, 0.3) is 11.3 Å². The number of hydrogen-bond donors (Lipinski definition) is 7. The van der Waals surface area contributed by atoms with Crippen molar-refractivity contribution in [1.82, 2.24) is 46.2 Å². The van der Waals surface area contributed by atoms with Crippen LogP contribution in [0.4, 0.5) is 53.5 Å². The zero-order valence-electron chi connectivity index (χ0n) is 43.8. The smallest absolute Gasteiger partial charge is 0.407 e. The SMILES string of the molecule is COC(=O)N[C@H](C(=O)N[C@@H](Cc1ccc(C#Cc2ccc(-c3cn4c(n3)CN(C)C(=O)C4)cc2)cc1)[C@@H](O)CN(Cc1c(F)cc(C(=N)/C=C\NC(F)F)cc1F)NC(=O)[C@@H](NC(=O)OC)C(C)(C)C(F)(F)F)C(C)(C)C(F)(F)F. The Balaban J connectivity index is 1.52. The first kappa shape index (κ1) is 62.7. The van der Waals surface area contributed by atoms with E-state index >= 15 is 8.78 Å². The summed E-state index contributed by atoms with van der Waals surface area (Å²) in [4.78, 5) is 71.1. The van der Waals surface area contributed by atoms with Crippen LogP contribution in [-0.4, -0.2) is 131 Å². The highest BCUT2D eigenvalue weighted by atomic mass is 19.4. The second kappa shape index (κ2) is 25.7. The van der Waals surface area contributed by atoms with Crippen molar-refractivity contribution in [2.24, 2.45) is 10.8 Å². The average molecular weight is 1140 g/mol. The van der Waals surface area contributed by atoms with Crippen molar-refractivity contribution in [3.8, 4) is 23.1 Å². The monoisotopic (exact) mass is 1140 g/mol. The Morgan fingerprint density at radius 2 is 1.32 bits per heavy atom. The molecular weight excluding hydrogens is 1080 g/mol. The molecule has 80 heavy (non-hydrogen) atoms. The van der Waals surface area contributed by atoms with E-state index in [1.165, 1.54) is 24.3 Å². The van der Waals surface area contributed by atoms with Crippen molar-refractivity contribution in [3.63, 3.8) is 0 Å². The maximum Gasteiger partial charge on any atom is 0.407 e. The van der Waals surface area contributed by atoms with Gasteiger partial charge in [-0.2, -0.15) is 35.1 Å². The third-order valence-electron chi connectivity index (χ3n) is 13.0. The normalized spacial score (nSPS) is 14.6. The molecule has 0 unspecified atom stereocenters. The van der Waals surface area contributed by atoms with Crippen molar-refractivity contribution >= 4 is 35.6 Å². The Hall–Kier alpha value is -8.19. The second-order valence-electron chi connectivity index (χ2n) is 19.4. The van der Waals surface area contributed by atoms with Crippen molar-refractivity contribution in [3.05, 3.63) is 124 Å². The van der Waals surface area contributed by atoms with E-state index in [-0.39, 0.29) is 18.0 Å². The number of alkyl halides is 8. The number of likely N-dealkylation sites (N-methyl/N-ethyl adjacent to an activating group) is 1. The third kappa shape index (κ3) is 15.8. The number of ether oxygens (including phenoxy) is 2. The van der Waals surface area contributed by atoms with E-state index in [4.69, 9.17) is 5.41 Å². The van der Waals surface area contributed by atoms with Crippen molar-refractivity contribution in [2.75, 3.05) is 27.8 Å². The lowest BCUT2D eigenvalue weighted by Crippen LogP contribution is -2.63. The summed E-state index contributed by atoms with van der Waals surface area (Å²) in [6, 6.07) is 7.25. The van der Waals surface area contributed by atoms with E-state index < -0.39 is 126 Å². The van der Waals surface area contributed by atoms with Crippen molar-refractivity contribution in [2.45, 2.75) is 96.9 Å². The fourth-order valence-electron chi connectivity index (χ4n) is 7.77. The number of amides is 5. The number of benzene rings is 3. The minimum absolute atomic E-state index is 0.0544. The molecule has 3 aromatic carbocycles. The quantitative estimate of drug-likeness (QED) is 0.0167. The lowest BCUT2D eigenvalue weighted by atomic mass is 9.82. The highest BCUT2D eigenvalue weighted by Gasteiger charge is 2.57. The number of hydrazine groups is 1. The van der Waals surface area contributed by atoms with Crippen LogP contribution in [0, 0.1) is 39.7 Å². The molecule has 0 bridgehead atoms. The molecule has 0 aliphatic carbocycles. The predicted octanol–water partition coefficient (Wildman–Crippen LogP) is 6.44. The zero-order chi connectivity index (χ0) is 59.7. The molecule has 5 rings (SSSR count). The number of halogens is 10. The summed E-state index contributed by atoms with van der Waals surface area (Å²) in [5.41, 5.74) is -3.73. The molecule has 5 amide bonds. The van der Waals surface area contributed by atoms with Gasteiger partial charge in [0.15, 0.2) is 0 Å². The molecule has 4 aromatic rings. The van der Waals surface area contributed by atoms with Gasteiger partial charge in [0.1, 0.15) is 36.1 Å². The lowest BCUT2D eigenvalue weighted by Gasteiger charge is -2.38. The van der Waals surface area contributed by atoms with Gasteiger partial charge in [0.2, 0.25) is 11.8 Å². The number of fused-ring (bicyclic) bond motifs is 1. The van der Waals surface area contributed by atoms with E-state index in [1.54, 1.807) is 57.6 Å². The van der Waals surface area contributed by atoms with Crippen LogP contribution < -0.4 is 26.7 Å². The molecule has 0 spiro atoms. The minimum atomic E-state index is -5.25. The van der Waals surface area contributed by atoms with Crippen LogP contribution in [0.2, 0.25) is 0 Å². The largest absolute Gasteiger partial charge is 0.453 e. The summed E-state index contributed by atoms with van der Waals surface area (Å²) >= 11 is 0. The molecule has 1 aromatic heterocycles. The van der Waals surface area contributed by atoms with Crippen LogP contribution in [0.15, 0.2) is 79.1 Å². The Morgan fingerprint density at radius 3 is 1.82 bits per heavy atom. The van der Waals surface area contributed by atoms with Crippen LogP contribution in [0.1, 0.15) is 61.3 Å². The van der Waals surface area contributed by atoms with Gasteiger partial charge in [0.25, 0.3) is 5.91 Å². The first-order valence-electron chi connectivity index (χ1n) is 23.9. The lowest BCUT2D eigenvalue weighted by molar-refractivity contribution is -0.221. The van der Waals surface area contributed by atoms with Crippen LogP contribution in [0.5, 0.6) is 0 Å². The Labute approximate surface area is 451 Å². The molecule has 2 heterocycles. The Morgan fingerprint density at radius 1 is 0.812 bits per heavy atom. The van der Waals surface area contributed by atoms with Gasteiger partial charge in [-0.1, -0.05) is 36.1 Å². The maximum atomic E-state index is 15.9. The van der Waals surface area contributed by atoms with E-state index in [0.29, 0.717) is 74.4 Å². The van der Waals surface area contributed by atoms with Gasteiger partial charge in [-0.05, 0) is 82.2 Å². The van der Waals surface area contributed by atoms with E-state index in [9.17, 15) is 64.2 Å². The molecule has 7 N–H and O–H groups in total. The second-order valence-corrected chi connectivity index (χ2v) is 19.4. The number of hydrogen-bond acceptors (Lipinski definition) is 12. The number of aliphatic hydroxyl groups is 1. The number of nitrogens with zero attached hydrogens (tertiary/aromatic N) is 4. The number of imidazole rings is 1. The van der Waals surface area contributed by atoms with Crippen LogP contribution in [0.3, 0.4) is 0 Å². The molecule has 0 fully saturated rings. The highest BCUT2D eigenvalue weighted by Crippen LogP contribution is 2.42. The topological polar surface area (TPSA) is 232 Å². The van der Waals surface area contributed by atoms with Gasteiger partial charge in [-0.25, -0.2) is 28.4 Å². The highest BCUT2D eigenvalue weighted by molar-refractivity contribution is 6.06. The number of methoxy groups -OCH3 is 2. The fraction of sp³-hybridized carbons (Fsp3) is 0.404. The molecule has 18 nitrogen and oxygen atoms in total. The molecule has 4 atom stereocenters. The molecule has 28 heteroatoms. The van der Waals surface area contributed by atoms with Gasteiger partial charge < -0.3 is 50.7 Å². The molecule has 1 aliphatic heterocycles. The molecule has 1 aliphatic rings. The summed E-state index contributed by atoms with van der Waals surface area (Å²) < 4.78 is 155. The standard InChI is InChI=1S/C52H56F10N10O8/c1-49(2,51(57,58)59)42(67-47(77)79-6)44(75)66-37(20-30-12-10-28(11-13-30)8-9-29-14-16-31(17-15-29)38-24-71-27-41(74)70(5)26-40(71)65-38)39(73)25-72(69-45(76)43(68-48(78)80-7)50(3,4)52(60,61)62)23-33-34(53)21-32(22-35(33)54)36(63)18-19-64-46(55)56/h10-19,21-22,24,37,39,42-43,46,63-64,73H,20,23,25-27H2,1-7H3,(H,66,75)(H,67,77)(H,68,78)(H,69,76)/b19-18-,63-36?/t37-,39-,42+,43+/m0/s1. The van der Waals surface area contributed by atoms with Crippen molar-refractivity contribution in [1.29, 1.82) is 5.41 Å². The Kier molecular flexibility index (Phi) is 20.1. The van der Waals surface area contributed by atoms with Gasteiger partial charge in [0, 0.05) is 60.4 Å². The van der Waals surface area contributed by atoms with E-state index in [0.717, 1.165) is 31.7 Å². The Bertz CT molecular complexity index is 2990. The van der Waals surface area contributed by atoms with E-state index in [1.807, 2.05) is 10.7 Å². The minimum Gasteiger partial charge on any atom is -0.453 e. The maximum absolute atomic E-state index is 15.9. The van der Waals surface area contributed by atoms with Gasteiger partial charge in [0.05, 0.1) is 55.1 Å². The summed E-state index contributed by atoms with van der Waals surface area (Å²) in [6.07, 6.45) is -13.0. The number of rotatable bonds is 20. The number of allylic oxidation sites excluding steroid dienone is 1. The number of alkyl carbamates (subject to hydrolysis) is 2. The van der Waals surface area contributed by atoms with Crippen LogP contribution in [-0.2, 0) is 49.9 Å². The number of nitrogens with one attached hydrogen (secondary N) is 6. The zero-order valence-corrected chi connectivity index (χ0v) is 43.8. The van der Waals surface area contributed by atoms with Gasteiger partial charge in [-0.15, -0.1) is 0 Å². The predicted molar refractivity (Wildman–Crippen MR) is 267 cm³/mol. The van der Waals surface area contributed by atoms with E-state index in [2.05, 4.69) is 31.6 Å². The summed E-state index contributed by atoms with van der Waals surface area (Å²) in [6.45, 7) is -2.70. The molecule has 0 saturated heterocycles. The number of aromatic nitrogens is 2. The summed E-state index contributed by atoms with van der Waals surface area (Å²) in [5.74, 6) is 0.392. The molecule has 0 radical (unpaired) electrons. The molecule has 432 valence electrons. The number of aliphatic hydroxyl groups excluding tert-OH is 1. The van der Waals surface area contributed by atoms with Crippen molar-refractivity contribution < 1.29 is 82.5 Å². The molecule has 0 saturated carbocycles. The fourth-order valence-corrected chi connectivity index (χ4v) is 7.77. The average Bonchev–Trinajstić information content (AvgIpc) is 3.78. The third-order valence-corrected chi connectivity index (χ3v) is 13.0. The first-order chi connectivity index (χ1) is 37.2. The summed E-state index contributed by atoms with van der Waals surface area (Å²) in [5, 5.41) is 28.0. The van der Waals surface area contributed by atoms with Crippen LogP contribution >= 0.6 is 0 Å². The first-order valence-corrected chi connectivity index (χ1v) is 23.9. The number of carbonyl (C=O) groups excluding carboxylic acids is 5.